The van der Waals surface area contributed by atoms with Crippen molar-refractivity contribution in [3.63, 3.8) is 0 Å². The molecule has 7 heteroatoms. The summed E-state index contributed by atoms with van der Waals surface area (Å²) in [7, 11) is 0. The molecule has 2 heterocycles. The molecule has 3 rings (SSSR count). The largest absolute Gasteiger partial charge is 0.354 e. The Labute approximate surface area is 164 Å². The molecule has 7 nitrogen and oxygen atoms in total. The fraction of sp³-hybridized carbons (Fsp3) is 0.381. The van der Waals surface area contributed by atoms with Crippen LogP contribution in [0.15, 0.2) is 48.8 Å². The van der Waals surface area contributed by atoms with Gasteiger partial charge in [0.2, 0.25) is 11.8 Å². The number of carbonyl (C=O) groups is 3. The predicted molar refractivity (Wildman–Crippen MR) is 107 cm³/mol. The summed E-state index contributed by atoms with van der Waals surface area (Å²) in [5.41, 5.74) is 1.07. The number of amides is 3. The van der Waals surface area contributed by atoms with Crippen molar-refractivity contribution in [3.05, 3.63) is 54.4 Å². The number of rotatable bonds is 8. The molecule has 2 aromatic rings. The van der Waals surface area contributed by atoms with Crippen molar-refractivity contribution in [1.29, 1.82) is 0 Å². The zero-order valence-electron chi connectivity index (χ0n) is 15.9. The van der Waals surface area contributed by atoms with E-state index in [0.29, 0.717) is 30.8 Å². The monoisotopic (exact) mass is 382 g/mol. The molecule has 1 saturated heterocycles. The number of anilines is 1. The van der Waals surface area contributed by atoms with E-state index in [9.17, 15) is 14.4 Å². The average molecular weight is 382 g/mol. The second kappa shape index (κ2) is 9.73. The minimum atomic E-state index is -0.198. The Morgan fingerprint density at radius 2 is 1.89 bits per heavy atom. The Bertz CT molecular complexity index is 817. The first-order valence-electron chi connectivity index (χ1n) is 9.68. The topological polar surface area (TPSA) is 83.4 Å². The number of nitrogens with zero attached hydrogens (tertiary/aromatic N) is 2. The summed E-state index contributed by atoms with van der Waals surface area (Å²) in [6.07, 6.45) is 7.38. The molecular formula is C21H26N4O3. The van der Waals surface area contributed by atoms with Crippen molar-refractivity contribution in [2.45, 2.75) is 32.2 Å². The SMILES string of the molecule is O=C1CN(C(=O)c2cccc(NC(=O)CCCCCn3cccc3)c2)CCN1. The van der Waals surface area contributed by atoms with Crippen molar-refractivity contribution < 1.29 is 14.4 Å². The lowest BCUT2D eigenvalue weighted by Gasteiger charge is -2.26. The second-order valence-corrected chi connectivity index (χ2v) is 6.94. The molecule has 0 atom stereocenters. The summed E-state index contributed by atoms with van der Waals surface area (Å²) in [5.74, 6) is -0.403. The van der Waals surface area contributed by atoms with Gasteiger partial charge in [0.15, 0.2) is 0 Å². The van der Waals surface area contributed by atoms with Gasteiger partial charge in [-0.25, -0.2) is 0 Å². The quantitative estimate of drug-likeness (QED) is 0.687. The molecule has 0 aliphatic carbocycles. The lowest BCUT2D eigenvalue weighted by molar-refractivity contribution is -0.123. The highest BCUT2D eigenvalue weighted by Gasteiger charge is 2.22. The number of unbranched alkanes of at least 4 members (excludes halogenated alkanes) is 2. The Morgan fingerprint density at radius 3 is 2.68 bits per heavy atom. The Morgan fingerprint density at radius 1 is 1.07 bits per heavy atom. The highest BCUT2D eigenvalue weighted by molar-refractivity contribution is 5.99. The second-order valence-electron chi connectivity index (χ2n) is 6.94. The molecule has 1 aromatic heterocycles. The first-order chi connectivity index (χ1) is 13.6. The summed E-state index contributed by atoms with van der Waals surface area (Å²) < 4.78 is 2.13. The van der Waals surface area contributed by atoms with Gasteiger partial charge in [-0.2, -0.15) is 0 Å². The third kappa shape index (κ3) is 5.70. The molecule has 28 heavy (non-hydrogen) atoms. The fourth-order valence-corrected chi connectivity index (χ4v) is 3.22. The van der Waals surface area contributed by atoms with Gasteiger partial charge in [-0.05, 0) is 43.2 Å². The van der Waals surface area contributed by atoms with E-state index >= 15 is 0 Å². The average Bonchev–Trinajstić information content (AvgIpc) is 3.21. The van der Waals surface area contributed by atoms with Crippen LogP contribution in [-0.2, 0) is 16.1 Å². The van der Waals surface area contributed by atoms with E-state index in [1.807, 2.05) is 24.5 Å². The summed E-state index contributed by atoms with van der Waals surface area (Å²) in [5, 5.41) is 5.56. The maximum Gasteiger partial charge on any atom is 0.254 e. The Hall–Kier alpha value is -3.09. The molecule has 1 fully saturated rings. The van der Waals surface area contributed by atoms with Crippen LogP contribution in [0.25, 0.3) is 0 Å². The first-order valence-corrected chi connectivity index (χ1v) is 9.68. The van der Waals surface area contributed by atoms with Gasteiger partial charge in [0.1, 0.15) is 0 Å². The molecule has 1 aliphatic heterocycles. The molecule has 148 valence electrons. The summed E-state index contributed by atoms with van der Waals surface area (Å²) in [6, 6.07) is 10.9. The summed E-state index contributed by atoms with van der Waals surface area (Å²) >= 11 is 0. The predicted octanol–water partition coefficient (Wildman–Crippen LogP) is 2.26. The van der Waals surface area contributed by atoms with Crippen molar-refractivity contribution in [3.8, 4) is 0 Å². The molecular weight excluding hydrogens is 356 g/mol. The Balaban J connectivity index is 1.43. The summed E-state index contributed by atoms with van der Waals surface area (Å²) in [6.45, 7) is 1.99. The molecule has 3 amide bonds. The molecule has 2 N–H and O–H groups in total. The number of hydrogen-bond acceptors (Lipinski definition) is 3. The molecule has 0 bridgehead atoms. The molecule has 0 unspecified atom stereocenters. The van der Waals surface area contributed by atoms with Gasteiger partial charge in [0.05, 0.1) is 6.54 Å². The number of hydrogen-bond donors (Lipinski definition) is 2. The van der Waals surface area contributed by atoms with Crippen LogP contribution in [-0.4, -0.2) is 46.8 Å². The van der Waals surface area contributed by atoms with Crippen molar-refractivity contribution in [2.75, 3.05) is 25.0 Å². The number of nitrogens with one attached hydrogen (secondary N) is 2. The number of benzene rings is 1. The summed E-state index contributed by atoms with van der Waals surface area (Å²) in [4.78, 5) is 37.7. The molecule has 1 aromatic carbocycles. The molecule has 0 spiro atoms. The van der Waals surface area contributed by atoms with Crippen LogP contribution < -0.4 is 10.6 Å². The minimum absolute atomic E-state index is 0.0529. The lowest BCUT2D eigenvalue weighted by Crippen LogP contribution is -2.49. The zero-order valence-corrected chi connectivity index (χ0v) is 15.9. The zero-order chi connectivity index (χ0) is 19.8. The number of piperazine rings is 1. The van der Waals surface area contributed by atoms with Crippen LogP contribution in [0.4, 0.5) is 5.69 Å². The standard InChI is InChI=1S/C21H26N4O3/c26-19(9-2-1-3-11-24-12-4-5-13-24)23-18-8-6-7-17(15-18)21(28)25-14-10-22-20(27)16-25/h4-8,12-13,15H,1-3,9-11,14,16H2,(H,22,27)(H,23,26). The van der Waals surface area contributed by atoms with Gasteiger partial charge in [-0.3, -0.25) is 14.4 Å². The maximum atomic E-state index is 12.6. The fourth-order valence-electron chi connectivity index (χ4n) is 3.22. The molecule has 0 radical (unpaired) electrons. The minimum Gasteiger partial charge on any atom is -0.354 e. The van der Waals surface area contributed by atoms with E-state index in [1.54, 1.807) is 24.3 Å². The van der Waals surface area contributed by atoms with Crippen LogP contribution in [0.3, 0.4) is 0 Å². The van der Waals surface area contributed by atoms with E-state index in [4.69, 9.17) is 0 Å². The van der Waals surface area contributed by atoms with Gasteiger partial charge >= 0.3 is 0 Å². The van der Waals surface area contributed by atoms with Crippen LogP contribution in [0.1, 0.15) is 36.0 Å². The van der Waals surface area contributed by atoms with Gasteiger partial charge in [-0.1, -0.05) is 12.5 Å². The molecule has 1 aliphatic rings. The van der Waals surface area contributed by atoms with Crippen LogP contribution in [0.2, 0.25) is 0 Å². The van der Waals surface area contributed by atoms with E-state index < -0.39 is 0 Å². The third-order valence-electron chi connectivity index (χ3n) is 4.71. The first kappa shape index (κ1) is 19.7. The van der Waals surface area contributed by atoms with Crippen molar-refractivity contribution in [1.82, 2.24) is 14.8 Å². The highest BCUT2D eigenvalue weighted by Crippen LogP contribution is 2.14. The lowest BCUT2D eigenvalue weighted by atomic mass is 10.1. The third-order valence-corrected chi connectivity index (χ3v) is 4.71. The number of aromatic nitrogens is 1. The number of carbonyl (C=O) groups excluding carboxylic acids is 3. The van der Waals surface area contributed by atoms with Crippen molar-refractivity contribution >= 4 is 23.4 Å². The van der Waals surface area contributed by atoms with E-state index in [-0.39, 0.29) is 24.3 Å². The normalized spacial score (nSPS) is 13.9. The van der Waals surface area contributed by atoms with Crippen LogP contribution in [0, 0.1) is 0 Å². The smallest absolute Gasteiger partial charge is 0.254 e. The Kier molecular flexibility index (Phi) is 6.84. The van der Waals surface area contributed by atoms with E-state index in [0.717, 1.165) is 25.8 Å². The van der Waals surface area contributed by atoms with Crippen LogP contribution >= 0.6 is 0 Å². The van der Waals surface area contributed by atoms with E-state index in [2.05, 4.69) is 15.2 Å². The van der Waals surface area contributed by atoms with Gasteiger partial charge in [-0.15, -0.1) is 0 Å². The highest BCUT2D eigenvalue weighted by atomic mass is 16.2. The van der Waals surface area contributed by atoms with E-state index in [1.165, 1.54) is 4.90 Å². The van der Waals surface area contributed by atoms with Gasteiger partial charge < -0.3 is 20.1 Å². The molecule has 0 saturated carbocycles. The van der Waals surface area contributed by atoms with Gasteiger partial charge in [0.25, 0.3) is 5.91 Å². The number of aryl methyl sites for hydroxylation is 1. The van der Waals surface area contributed by atoms with Crippen molar-refractivity contribution in [2.24, 2.45) is 0 Å². The maximum absolute atomic E-state index is 12.6. The van der Waals surface area contributed by atoms with Gasteiger partial charge in [0, 0.05) is 49.7 Å². The van der Waals surface area contributed by atoms with Crippen LogP contribution in [0.5, 0.6) is 0 Å².